The second kappa shape index (κ2) is 3.79. The van der Waals surface area contributed by atoms with Crippen molar-refractivity contribution in [2.45, 2.75) is 12.7 Å². The number of carboxylic acids is 1. The lowest BCUT2D eigenvalue weighted by Gasteiger charge is -2.08. The highest BCUT2D eigenvalue weighted by atomic mass is 19.4. The van der Waals surface area contributed by atoms with Crippen LogP contribution in [0.5, 0.6) is 0 Å². The first-order valence-corrected chi connectivity index (χ1v) is 3.75. The van der Waals surface area contributed by atoms with Crippen LogP contribution in [0.25, 0.3) is 0 Å². The SMILES string of the molecule is NC(=O)Cn1nnc(C(=O)O)c1C(F)(F)F. The van der Waals surface area contributed by atoms with E-state index in [2.05, 4.69) is 16.0 Å². The van der Waals surface area contributed by atoms with Crippen LogP contribution >= 0.6 is 0 Å². The van der Waals surface area contributed by atoms with Crippen molar-refractivity contribution in [3.63, 3.8) is 0 Å². The number of primary amides is 1. The van der Waals surface area contributed by atoms with Gasteiger partial charge in [-0.15, -0.1) is 5.10 Å². The second-order valence-corrected chi connectivity index (χ2v) is 2.71. The van der Waals surface area contributed by atoms with Gasteiger partial charge in [0.1, 0.15) is 6.54 Å². The molecular weight excluding hydrogens is 233 g/mol. The Morgan fingerprint density at radius 1 is 1.44 bits per heavy atom. The summed E-state index contributed by atoms with van der Waals surface area (Å²) < 4.78 is 37.4. The van der Waals surface area contributed by atoms with E-state index in [4.69, 9.17) is 5.11 Å². The molecule has 1 heterocycles. The molecule has 0 radical (unpaired) electrons. The van der Waals surface area contributed by atoms with Gasteiger partial charge in [-0.25, -0.2) is 9.48 Å². The van der Waals surface area contributed by atoms with Crippen molar-refractivity contribution in [3.8, 4) is 0 Å². The molecule has 0 aliphatic rings. The highest BCUT2D eigenvalue weighted by Crippen LogP contribution is 2.30. The fraction of sp³-hybridized carbons (Fsp3) is 0.333. The standard InChI is InChI=1S/C6H5F3N4O3/c7-6(8,9)4-3(5(15)16)11-12-13(4)1-2(10)14/h1H2,(H2,10,14)(H,15,16). The van der Waals surface area contributed by atoms with Gasteiger partial charge >= 0.3 is 12.1 Å². The molecule has 1 aromatic rings. The number of amides is 1. The highest BCUT2D eigenvalue weighted by molar-refractivity contribution is 5.86. The number of carbonyl (C=O) groups is 2. The van der Waals surface area contributed by atoms with Crippen LogP contribution in [0.3, 0.4) is 0 Å². The Balaban J connectivity index is 3.31. The number of hydrogen-bond acceptors (Lipinski definition) is 4. The molecule has 10 heteroatoms. The van der Waals surface area contributed by atoms with Crippen LogP contribution in [0.2, 0.25) is 0 Å². The largest absolute Gasteiger partial charge is 0.476 e. The molecule has 0 atom stereocenters. The molecule has 3 N–H and O–H groups in total. The van der Waals surface area contributed by atoms with Gasteiger partial charge in [0.05, 0.1) is 0 Å². The van der Waals surface area contributed by atoms with Crippen LogP contribution in [-0.4, -0.2) is 32.0 Å². The Hall–Kier alpha value is -2.13. The van der Waals surface area contributed by atoms with Crippen LogP contribution < -0.4 is 5.73 Å². The minimum Gasteiger partial charge on any atom is -0.476 e. The van der Waals surface area contributed by atoms with E-state index >= 15 is 0 Å². The summed E-state index contributed by atoms with van der Waals surface area (Å²) in [5.41, 5.74) is 1.80. The van der Waals surface area contributed by atoms with E-state index in [0.717, 1.165) is 0 Å². The van der Waals surface area contributed by atoms with Crippen LogP contribution in [-0.2, 0) is 17.5 Å². The molecule has 1 amide bonds. The minimum atomic E-state index is -4.98. The summed E-state index contributed by atoms with van der Waals surface area (Å²) in [5.74, 6) is -2.98. The van der Waals surface area contributed by atoms with Crippen molar-refractivity contribution in [2.75, 3.05) is 0 Å². The number of nitrogens with two attached hydrogens (primary N) is 1. The zero-order valence-corrected chi connectivity index (χ0v) is 7.52. The van der Waals surface area contributed by atoms with Crippen LogP contribution in [0.4, 0.5) is 13.2 Å². The molecule has 0 aromatic carbocycles. The molecular formula is C6H5F3N4O3. The lowest BCUT2D eigenvalue weighted by molar-refractivity contribution is -0.145. The smallest absolute Gasteiger partial charge is 0.435 e. The van der Waals surface area contributed by atoms with E-state index in [0.29, 0.717) is 0 Å². The van der Waals surface area contributed by atoms with Crippen molar-refractivity contribution < 1.29 is 27.9 Å². The lowest BCUT2D eigenvalue weighted by Crippen LogP contribution is -2.25. The number of halogens is 3. The van der Waals surface area contributed by atoms with E-state index in [1.54, 1.807) is 0 Å². The Labute approximate surface area is 85.6 Å². The first-order valence-electron chi connectivity index (χ1n) is 3.75. The molecule has 0 saturated carbocycles. The summed E-state index contributed by atoms with van der Waals surface area (Å²) in [5, 5.41) is 14.2. The maximum absolute atomic E-state index is 12.4. The number of carboxylic acid groups (broad SMARTS) is 1. The van der Waals surface area contributed by atoms with Crippen LogP contribution in [0.15, 0.2) is 0 Å². The maximum Gasteiger partial charge on any atom is 0.435 e. The van der Waals surface area contributed by atoms with E-state index in [-0.39, 0.29) is 4.68 Å². The lowest BCUT2D eigenvalue weighted by atomic mass is 10.3. The van der Waals surface area contributed by atoms with Gasteiger partial charge in [0.2, 0.25) is 11.6 Å². The molecule has 16 heavy (non-hydrogen) atoms. The number of hydrogen-bond donors (Lipinski definition) is 2. The first kappa shape index (κ1) is 11.9. The van der Waals surface area contributed by atoms with E-state index in [1.165, 1.54) is 0 Å². The number of aromatic nitrogens is 3. The van der Waals surface area contributed by atoms with Gasteiger partial charge in [-0.1, -0.05) is 5.21 Å². The summed E-state index contributed by atoms with van der Waals surface area (Å²) in [6.07, 6.45) is -4.98. The van der Waals surface area contributed by atoms with Gasteiger partial charge in [-0.3, -0.25) is 4.79 Å². The summed E-state index contributed by atoms with van der Waals surface area (Å²) >= 11 is 0. The van der Waals surface area contributed by atoms with Crippen molar-refractivity contribution in [1.29, 1.82) is 0 Å². The van der Waals surface area contributed by atoms with E-state index in [9.17, 15) is 22.8 Å². The molecule has 88 valence electrons. The third kappa shape index (κ3) is 2.27. The third-order valence-electron chi connectivity index (χ3n) is 1.51. The molecule has 7 nitrogen and oxygen atoms in total. The topological polar surface area (TPSA) is 111 Å². The fourth-order valence-corrected chi connectivity index (χ4v) is 0.996. The molecule has 0 bridgehead atoms. The molecule has 0 aliphatic heterocycles. The van der Waals surface area contributed by atoms with Crippen molar-refractivity contribution >= 4 is 11.9 Å². The Morgan fingerprint density at radius 2 is 2.00 bits per heavy atom. The predicted molar refractivity (Wildman–Crippen MR) is 41.2 cm³/mol. The zero-order valence-electron chi connectivity index (χ0n) is 7.52. The molecule has 0 saturated heterocycles. The molecule has 0 aliphatic carbocycles. The summed E-state index contributed by atoms with van der Waals surface area (Å²) in [6.45, 7) is -0.894. The fourth-order valence-electron chi connectivity index (χ4n) is 0.996. The van der Waals surface area contributed by atoms with Gasteiger partial charge in [0.15, 0.2) is 5.69 Å². The number of alkyl halides is 3. The molecule has 0 unspecified atom stereocenters. The Morgan fingerprint density at radius 3 is 2.38 bits per heavy atom. The van der Waals surface area contributed by atoms with Crippen LogP contribution in [0, 0.1) is 0 Å². The summed E-state index contributed by atoms with van der Waals surface area (Å²) in [6, 6.07) is 0. The molecule has 1 aromatic heterocycles. The summed E-state index contributed by atoms with van der Waals surface area (Å²) in [4.78, 5) is 20.9. The van der Waals surface area contributed by atoms with Gasteiger partial charge in [0, 0.05) is 0 Å². The quantitative estimate of drug-likeness (QED) is 0.735. The Bertz CT molecular complexity index is 439. The summed E-state index contributed by atoms with van der Waals surface area (Å²) in [7, 11) is 0. The monoisotopic (exact) mass is 238 g/mol. The van der Waals surface area contributed by atoms with E-state index in [1.807, 2.05) is 0 Å². The minimum absolute atomic E-state index is 0.103. The van der Waals surface area contributed by atoms with Gasteiger partial charge in [0.25, 0.3) is 0 Å². The Kier molecular flexibility index (Phi) is 2.83. The van der Waals surface area contributed by atoms with Crippen molar-refractivity contribution in [2.24, 2.45) is 5.73 Å². The normalized spacial score (nSPS) is 11.4. The third-order valence-corrected chi connectivity index (χ3v) is 1.51. The van der Waals surface area contributed by atoms with Gasteiger partial charge in [-0.2, -0.15) is 13.2 Å². The molecule has 0 spiro atoms. The number of aromatic carboxylic acids is 1. The second-order valence-electron chi connectivity index (χ2n) is 2.71. The van der Waals surface area contributed by atoms with Gasteiger partial charge in [-0.05, 0) is 0 Å². The number of nitrogens with zero attached hydrogens (tertiary/aromatic N) is 3. The maximum atomic E-state index is 12.4. The number of rotatable bonds is 3. The highest BCUT2D eigenvalue weighted by Gasteiger charge is 2.41. The predicted octanol–water partition coefficient (Wildman–Crippen LogP) is -0.520. The van der Waals surface area contributed by atoms with Crippen LogP contribution in [0.1, 0.15) is 16.2 Å². The van der Waals surface area contributed by atoms with E-state index < -0.39 is 36.0 Å². The van der Waals surface area contributed by atoms with Crippen molar-refractivity contribution in [1.82, 2.24) is 15.0 Å². The zero-order chi connectivity index (χ0) is 12.5. The van der Waals surface area contributed by atoms with Crippen molar-refractivity contribution in [3.05, 3.63) is 11.4 Å². The molecule has 1 rings (SSSR count). The molecule has 0 fully saturated rings. The average Bonchev–Trinajstić information content (AvgIpc) is 2.45. The first-order chi connectivity index (χ1) is 7.23. The van der Waals surface area contributed by atoms with Gasteiger partial charge < -0.3 is 10.8 Å². The number of carbonyl (C=O) groups excluding carboxylic acids is 1. The average molecular weight is 238 g/mol.